The molecule has 0 heterocycles. The van der Waals surface area contributed by atoms with Gasteiger partial charge in [-0.3, -0.25) is 4.72 Å². The number of rotatable bonds is 5. The number of hydrogen-bond acceptors (Lipinski definition) is 4. The zero-order valence-corrected chi connectivity index (χ0v) is 13.1. The minimum Gasteiger partial charge on any atom is -0.495 e. The van der Waals surface area contributed by atoms with Crippen LogP contribution in [-0.2, 0) is 10.0 Å². The SMILES string of the molecule is COc1ccc(Cl)cc1Nc1ccc(NS(C)(=O)=O)cc1. The van der Waals surface area contributed by atoms with E-state index in [-0.39, 0.29) is 0 Å². The van der Waals surface area contributed by atoms with Crippen molar-refractivity contribution in [1.82, 2.24) is 0 Å². The van der Waals surface area contributed by atoms with Crippen molar-refractivity contribution < 1.29 is 13.2 Å². The van der Waals surface area contributed by atoms with E-state index in [9.17, 15) is 8.42 Å². The van der Waals surface area contributed by atoms with Gasteiger partial charge in [-0.1, -0.05) is 11.6 Å². The van der Waals surface area contributed by atoms with Crippen LogP contribution in [0.3, 0.4) is 0 Å². The quantitative estimate of drug-likeness (QED) is 0.883. The number of ether oxygens (including phenoxy) is 1. The maximum absolute atomic E-state index is 11.1. The van der Waals surface area contributed by atoms with Crippen molar-refractivity contribution in [2.45, 2.75) is 0 Å². The standard InChI is InChI=1S/C14H15ClN2O3S/c1-20-14-8-3-10(15)9-13(14)16-11-4-6-12(7-5-11)17-21(2,18)19/h3-9,16-17H,1-2H3. The van der Waals surface area contributed by atoms with Crippen molar-refractivity contribution in [1.29, 1.82) is 0 Å². The monoisotopic (exact) mass is 326 g/mol. The summed E-state index contributed by atoms with van der Waals surface area (Å²) in [6, 6.07) is 12.1. The number of nitrogens with one attached hydrogen (secondary N) is 2. The molecule has 0 fully saturated rings. The molecule has 0 amide bonds. The molecular weight excluding hydrogens is 312 g/mol. The molecule has 7 heteroatoms. The first-order chi connectivity index (χ1) is 9.87. The Bertz CT molecular complexity index is 730. The van der Waals surface area contributed by atoms with Gasteiger partial charge in [0, 0.05) is 16.4 Å². The first kappa shape index (κ1) is 15.5. The minimum absolute atomic E-state index is 0.501. The lowest BCUT2D eigenvalue weighted by atomic mass is 10.2. The summed E-state index contributed by atoms with van der Waals surface area (Å²) >= 11 is 5.97. The number of halogens is 1. The molecule has 5 nitrogen and oxygen atoms in total. The molecule has 0 aromatic heterocycles. The molecule has 2 aromatic rings. The molecule has 0 atom stereocenters. The number of methoxy groups -OCH3 is 1. The zero-order valence-electron chi connectivity index (χ0n) is 11.6. The van der Waals surface area contributed by atoms with Crippen molar-refractivity contribution in [2.24, 2.45) is 0 Å². The summed E-state index contributed by atoms with van der Waals surface area (Å²) in [5.74, 6) is 0.665. The normalized spacial score (nSPS) is 11.0. The molecule has 21 heavy (non-hydrogen) atoms. The molecular formula is C14H15ClN2O3S. The lowest BCUT2D eigenvalue weighted by Crippen LogP contribution is -2.09. The largest absolute Gasteiger partial charge is 0.495 e. The molecule has 0 spiro atoms. The topological polar surface area (TPSA) is 67.4 Å². The first-order valence-electron chi connectivity index (χ1n) is 6.06. The van der Waals surface area contributed by atoms with E-state index in [2.05, 4.69) is 10.0 Å². The van der Waals surface area contributed by atoms with Crippen LogP contribution < -0.4 is 14.8 Å². The van der Waals surface area contributed by atoms with E-state index >= 15 is 0 Å². The van der Waals surface area contributed by atoms with E-state index in [4.69, 9.17) is 16.3 Å². The average molecular weight is 327 g/mol. The molecule has 0 aliphatic rings. The predicted molar refractivity (Wildman–Crippen MR) is 86.2 cm³/mol. The Balaban J connectivity index is 2.19. The highest BCUT2D eigenvalue weighted by molar-refractivity contribution is 7.92. The summed E-state index contributed by atoms with van der Waals surface area (Å²) < 4.78 is 29.9. The van der Waals surface area contributed by atoms with Gasteiger partial charge in [-0.05, 0) is 42.5 Å². The third kappa shape index (κ3) is 4.54. The third-order valence-corrected chi connectivity index (χ3v) is 3.47. The molecule has 0 unspecified atom stereocenters. The van der Waals surface area contributed by atoms with Crippen molar-refractivity contribution in [3.05, 3.63) is 47.5 Å². The van der Waals surface area contributed by atoms with Crippen molar-refractivity contribution in [3.8, 4) is 5.75 Å². The Kier molecular flexibility index (Phi) is 4.59. The van der Waals surface area contributed by atoms with Crippen LogP contribution in [-0.4, -0.2) is 21.8 Å². The van der Waals surface area contributed by atoms with Crippen LogP contribution in [0.25, 0.3) is 0 Å². The van der Waals surface area contributed by atoms with E-state index in [1.807, 2.05) is 0 Å². The molecule has 0 radical (unpaired) electrons. The summed E-state index contributed by atoms with van der Waals surface area (Å²) in [6.07, 6.45) is 1.11. The maximum Gasteiger partial charge on any atom is 0.229 e. The number of sulfonamides is 1. The summed E-state index contributed by atoms with van der Waals surface area (Å²) in [5.41, 5.74) is 2.02. The Labute approximate surface area is 128 Å². The van der Waals surface area contributed by atoms with Gasteiger partial charge in [-0.15, -0.1) is 0 Å². The van der Waals surface area contributed by atoms with Crippen LogP contribution in [0.15, 0.2) is 42.5 Å². The third-order valence-electron chi connectivity index (χ3n) is 2.63. The van der Waals surface area contributed by atoms with Crippen molar-refractivity contribution >= 4 is 38.7 Å². The van der Waals surface area contributed by atoms with E-state index in [0.717, 1.165) is 17.6 Å². The second-order valence-corrected chi connectivity index (χ2v) is 6.61. The van der Waals surface area contributed by atoms with Crippen LogP contribution in [0.1, 0.15) is 0 Å². The highest BCUT2D eigenvalue weighted by Crippen LogP contribution is 2.30. The molecule has 2 aromatic carbocycles. The predicted octanol–water partition coefficient (Wildman–Crippen LogP) is 3.46. The Hall–Kier alpha value is -1.92. The van der Waals surface area contributed by atoms with E-state index in [1.54, 1.807) is 49.6 Å². The van der Waals surface area contributed by atoms with Gasteiger partial charge in [0.1, 0.15) is 5.75 Å². The second-order valence-electron chi connectivity index (χ2n) is 4.42. The lowest BCUT2D eigenvalue weighted by Gasteiger charge is -2.12. The fraction of sp³-hybridized carbons (Fsp3) is 0.143. The van der Waals surface area contributed by atoms with Gasteiger partial charge in [0.05, 0.1) is 19.1 Å². The number of hydrogen-bond donors (Lipinski definition) is 2. The molecule has 2 N–H and O–H groups in total. The van der Waals surface area contributed by atoms with Gasteiger partial charge < -0.3 is 10.1 Å². The van der Waals surface area contributed by atoms with Crippen LogP contribution in [0.2, 0.25) is 5.02 Å². The Morgan fingerprint density at radius 3 is 2.24 bits per heavy atom. The molecule has 0 saturated heterocycles. The molecule has 2 rings (SSSR count). The summed E-state index contributed by atoms with van der Waals surface area (Å²) in [4.78, 5) is 0. The highest BCUT2D eigenvalue weighted by atomic mass is 35.5. The summed E-state index contributed by atoms with van der Waals surface area (Å²) in [6.45, 7) is 0. The molecule has 0 aliphatic carbocycles. The van der Waals surface area contributed by atoms with Crippen molar-refractivity contribution in [2.75, 3.05) is 23.4 Å². The fourth-order valence-electron chi connectivity index (χ4n) is 1.77. The van der Waals surface area contributed by atoms with Gasteiger partial charge in [-0.25, -0.2) is 8.42 Å². The van der Waals surface area contributed by atoms with Gasteiger partial charge in [0.25, 0.3) is 0 Å². The number of anilines is 3. The lowest BCUT2D eigenvalue weighted by molar-refractivity contribution is 0.417. The summed E-state index contributed by atoms with van der Waals surface area (Å²) in [7, 11) is -1.70. The fourth-order valence-corrected chi connectivity index (χ4v) is 2.51. The minimum atomic E-state index is -3.27. The van der Waals surface area contributed by atoms with Gasteiger partial charge in [-0.2, -0.15) is 0 Å². The highest BCUT2D eigenvalue weighted by Gasteiger charge is 2.05. The van der Waals surface area contributed by atoms with Crippen LogP contribution in [0.5, 0.6) is 5.75 Å². The smallest absolute Gasteiger partial charge is 0.229 e. The number of benzene rings is 2. The second kappa shape index (κ2) is 6.24. The van der Waals surface area contributed by atoms with Crippen LogP contribution in [0, 0.1) is 0 Å². The Morgan fingerprint density at radius 2 is 1.67 bits per heavy atom. The maximum atomic E-state index is 11.1. The Morgan fingerprint density at radius 1 is 1.05 bits per heavy atom. The van der Waals surface area contributed by atoms with Crippen molar-refractivity contribution in [3.63, 3.8) is 0 Å². The van der Waals surface area contributed by atoms with Crippen LogP contribution >= 0.6 is 11.6 Å². The average Bonchev–Trinajstić information content (AvgIpc) is 2.40. The molecule has 112 valence electrons. The molecule has 0 saturated carbocycles. The summed E-state index contributed by atoms with van der Waals surface area (Å²) in [5, 5.41) is 3.76. The van der Waals surface area contributed by atoms with E-state index in [1.165, 1.54) is 0 Å². The molecule has 0 bridgehead atoms. The van der Waals surface area contributed by atoms with Gasteiger partial charge in [0.2, 0.25) is 10.0 Å². The first-order valence-corrected chi connectivity index (χ1v) is 8.33. The molecule has 0 aliphatic heterocycles. The zero-order chi connectivity index (χ0) is 15.5. The van der Waals surface area contributed by atoms with Gasteiger partial charge in [0.15, 0.2) is 0 Å². The van der Waals surface area contributed by atoms with E-state index in [0.29, 0.717) is 16.5 Å². The van der Waals surface area contributed by atoms with Gasteiger partial charge >= 0.3 is 0 Å². The van der Waals surface area contributed by atoms with E-state index < -0.39 is 10.0 Å². The van der Waals surface area contributed by atoms with Crippen LogP contribution in [0.4, 0.5) is 17.1 Å².